The normalized spacial score (nSPS) is 23.2. The van der Waals surface area contributed by atoms with Crippen LogP contribution in [0.1, 0.15) is 55.8 Å². The lowest BCUT2D eigenvalue weighted by Gasteiger charge is -2.32. The van der Waals surface area contributed by atoms with Gasteiger partial charge in [0.2, 0.25) is 5.82 Å². The van der Waals surface area contributed by atoms with Crippen LogP contribution in [0.5, 0.6) is 0 Å². The summed E-state index contributed by atoms with van der Waals surface area (Å²) < 4.78 is 28.1. The number of hydrogen-bond acceptors (Lipinski definition) is 8. The van der Waals surface area contributed by atoms with Gasteiger partial charge in [0.15, 0.2) is 0 Å². The minimum absolute atomic E-state index is 0.192. The zero-order valence-electron chi connectivity index (χ0n) is 15.3. The lowest BCUT2D eigenvalue weighted by atomic mass is 9.93. The molecule has 0 radical (unpaired) electrons. The third-order valence-electron chi connectivity index (χ3n) is 5.40. The van der Waals surface area contributed by atoms with E-state index >= 15 is 0 Å². The molecular formula is C18H25N3O5. The van der Waals surface area contributed by atoms with Crippen LogP contribution in [0, 0.1) is 0 Å². The minimum Gasteiger partial charge on any atom is -0.381 e. The van der Waals surface area contributed by atoms with Gasteiger partial charge in [-0.2, -0.15) is 4.98 Å². The Morgan fingerprint density at radius 1 is 1.12 bits per heavy atom. The Kier molecular flexibility index (Phi) is 5.06. The molecule has 0 amide bonds. The molecule has 0 aromatic carbocycles. The number of ether oxygens (including phenoxy) is 3. The number of aryl methyl sites for hydroxylation is 1. The fourth-order valence-corrected chi connectivity index (χ4v) is 3.77. The Morgan fingerprint density at radius 2 is 1.96 bits per heavy atom. The summed E-state index contributed by atoms with van der Waals surface area (Å²) in [6, 6.07) is 0. The summed E-state index contributed by atoms with van der Waals surface area (Å²) in [5.74, 6) is 1.96. The van der Waals surface area contributed by atoms with Crippen LogP contribution in [0.25, 0.3) is 11.5 Å². The van der Waals surface area contributed by atoms with E-state index < -0.39 is 5.60 Å². The van der Waals surface area contributed by atoms with Gasteiger partial charge < -0.3 is 23.3 Å². The van der Waals surface area contributed by atoms with Crippen molar-refractivity contribution in [1.29, 1.82) is 0 Å². The van der Waals surface area contributed by atoms with Crippen LogP contribution in [-0.4, -0.2) is 48.8 Å². The van der Waals surface area contributed by atoms with Gasteiger partial charge in [-0.25, -0.2) is 0 Å². The third kappa shape index (κ3) is 3.06. The molecule has 1 atom stereocenters. The van der Waals surface area contributed by atoms with Crippen LogP contribution in [0.15, 0.2) is 9.05 Å². The summed E-state index contributed by atoms with van der Waals surface area (Å²) in [6.45, 7) is 4.71. The molecule has 2 aliphatic rings. The molecule has 4 heterocycles. The molecule has 2 aromatic rings. The summed E-state index contributed by atoms with van der Waals surface area (Å²) >= 11 is 0. The Morgan fingerprint density at radius 3 is 2.65 bits per heavy atom. The predicted octanol–water partition coefficient (Wildman–Crippen LogP) is 2.83. The lowest BCUT2D eigenvalue weighted by Crippen LogP contribution is -2.36. The molecule has 0 aliphatic carbocycles. The number of aromatic nitrogens is 3. The van der Waals surface area contributed by atoms with Gasteiger partial charge in [-0.1, -0.05) is 17.2 Å². The fourth-order valence-electron chi connectivity index (χ4n) is 3.77. The monoisotopic (exact) mass is 363 g/mol. The van der Waals surface area contributed by atoms with Crippen molar-refractivity contribution in [2.75, 3.05) is 33.5 Å². The van der Waals surface area contributed by atoms with E-state index in [-0.39, 0.29) is 5.92 Å². The molecule has 8 nitrogen and oxygen atoms in total. The van der Waals surface area contributed by atoms with E-state index in [1.807, 2.05) is 6.92 Å². The van der Waals surface area contributed by atoms with Crippen molar-refractivity contribution in [2.45, 2.75) is 50.5 Å². The quantitative estimate of drug-likeness (QED) is 0.801. The highest BCUT2D eigenvalue weighted by Crippen LogP contribution is 2.38. The summed E-state index contributed by atoms with van der Waals surface area (Å²) in [5.41, 5.74) is 1.12. The second kappa shape index (κ2) is 7.46. The van der Waals surface area contributed by atoms with Crippen molar-refractivity contribution < 1.29 is 23.3 Å². The number of hydrogen-bond donors (Lipinski definition) is 0. The van der Waals surface area contributed by atoms with Crippen molar-refractivity contribution in [3.8, 4) is 11.5 Å². The first-order valence-electron chi connectivity index (χ1n) is 9.31. The van der Waals surface area contributed by atoms with E-state index in [0.717, 1.165) is 36.5 Å². The van der Waals surface area contributed by atoms with Gasteiger partial charge in [-0.3, -0.25) is 0 Å². The van der Waals surface area contributed by atoms with Crippen LogP contribution in [0.3, 0.4) is 0 Å². The average Bonchev–Trinajstić information content (AvgIpc) is 3.36. The van der Waals surface area contributed by atoms with Crippen molar-refractivity contribution in [3.05, 3.63) is 17.3 Å². The van der Waals surface area contributed by atoms with E-state index in [2.05, 4.69) is 15.3 Å². The smallest absolute Gasteiger partial charge is 0.263 e. The summed E-state index contributed by atoms with van der Waals surface area (Å²) in [4.78, 5) is 4.68. The van der Waals surface area contributed by atoms with Gasteiger partial charge >= 0.3 is 0 Å². The second-order valence-electron chi connectivity index (χ2n) is 6.87. The fraction of sp³-hybridized carbons (Fsp3) is 0.722. The SMILES string of the molecule is CCc1onc(C2CCCOC2)c1-c1nc(C2(OC)CCOCC2)no1. The molecule has 2 fully saturated rings. The van der Waals surface area contributed by atoms with E-state index in [1.54, 1.807) is 7.11 Å². The Bertz CT molecular complexity index is 729. The molecule has 2 aromatic heterocycles. The molecule has 1 unspecified atom stereocenters. The average molecular weight is 363 g/mol. The Labute approximate surface area is 152 Å². The van der Waals surface area contributed by atoms with E-state index in [4.69, 9.17) is 23.3 Å². The number of nitrogens with zero attached hydrogens (tertiary/aromatic N) is 3. The van der Waals surface area contributed by atoms with Crippen molar-refractivity contribution in [3.63, 3.8) is 0 Å². The first kappa shape index (κ1) is 17.6. The second-order valence-corrected chi connectivity index (χ2v) is 6.87. The maximum atomic E-state index is 5.77. The summed E-state index contributed by atoms with van der Waals surface area (Å²) in [5, 5.41) is 8.55. The highest BCUT2D eigenvalue weighted by molar-refractivity contribution is 5.60. The number of rotatable bonds is 5. The predicted molar refractivity (Wildman–Crippen MR) is 90.7 cm³/mol. The summed E-state index contributed by atoms with van der Waals surface area (Å²) in [7, 11) is 1.68. The maximum Gasteiger partial charge on any atom is 0.263 e. The van der Waals surface area contributed by atoms with Gasteiger partial charge in [0.05, 0.1) is 6.61 Å². The first-order valence-corrected chi connectivity index (χ1v) is 9.31. The third-order valence-corrected chi connectivity index (χ3v) is 5.40. The largest absolute Gasteiger partial charge is 0.381 e. The molecule has 2 saturated heterocycles. The molecule has 0 saturated carbocycles. The van der Waals surface area contributed by atoms with Gasteiger partial charge in [-0.05, 0) is 12.8 Å². The van der Waals surface area contributed by atoms with Crippen molar-refractivity contribution >= 4 is 0 Å². The Hall–Kier alpha value is -1.77. The summed E-state index contributed by atoms with van der Waals surface area (Å²) in [6.07, 6.45) is 4.15. The van der Waals surface area contributed by atoms with Crippen LogP contribution < -0.4 is 0 Å². The molecule has 0 N–H and O–H groups in total. The van der Waals surface area contributed by atoms with Crippen LogP contribution in [0.2, 0.25) is 0 Å². The standard InChI is InChI=1S/C18H25N3O5/c1-3-13-14(15(20-25-13)12-5-4-8-24-11-12)16-19-17(21-26-16)18(22-2)6-9-23-10-7-18/h12H,3-11H2,1-2H3. The molecule has 2 aliphatic heterocycles. The maximum absolute atomic E-state index is 5.77. The molecule has 8 heteroatoms. The van der Waals surface area contributed by atoms with E-state index in [9.17, 15) is 0 Å². The minimum atomic E-state index is -0.558. The van der Waals surface area contributed by atoms with Gasteiger partial charge in [0.25, 0.3) is 5.89 Å². The first-order chi connectivity index (χ1) is 12.8. The van der Waals surface area contributed by atoms with Crippen LogP contribution in [0.4, 0.5) is 0 Å². The molecule has 4 rings (SSSR count). The molecule has 0 spiro atoms. The van der Waals surface area contributed by atoms with Crippen LogP contribution >= 0.6 is 0 Å². The molecule has 0 bridgehead atoms. The Balaban J connectivity index is 1.69. The van der Waals surface area contributed by atoms with Crippen molar-refractivity contribution in [2.24, 2.45) is 0 Å². The van der Waals surface area contributed by atoms with Crippen LogP contribution in [-0.2, 0) is 26.2 Å². The number of methoxy groups -OCH3 is 1. The zero-order valence-corrected chi connectivity index (χ0v) is 15.3. The molecule has 142 valence electrons. The molecular weight excluding hydrogens is 338 g/mol. The zero-order chi connectivity index (χ0) is 18.0. The van der Waals surface area contributed by atoms with E-state index in [1.165, 1.54) is 0 Å². The highest BCUT2D eigenvalue weighted by atomic mass is 16.5. The van der Waals surface area contributed by atoms with E-state index in [0.29, 0.717) is 50.8 Å². The topological polar surface area (TPSA) is 92.6 Å². The van der Waals surface area contributed by atoms with Gasteiger partial charge in [-0.15, -0.1) is 0 Å². The van der Waals surface area contributed by atoms with Crippen molar-refractivity contribution in [1.82, 2.24) is 15.3 Å². The lowest BCUT2D eigenvalue weighted by molar-refractivity contribution is -0.101. The highest BCUT2D eigenvalue weighted by Gasteiger charge is 2.40. The molecule has 26 heavy (non-hydrogen) atoms. The van der Waals surface area contributed by atoms with Gasteiger partial charge in [0.1, 0.15) is 22.6 Å². The van der Waals surface area contributed by atoms with Gasteiger partial charge in [0, 0.05) is 52.1 Å².